The SMILES string of the molecule is CN=C(NCC(C)(C)N(C)C)N1CCCC2(CNC(=O)C2)C1.I. The largest absolute Gasteiger partial charge is 0.355 e. The van der Waals surface area contributed by atoms with E-state index in [-0.39, 0.29) is 40.8 Å². The number of hydrogen-bond donors (Lipinski definition) is 2. The summed E-state index contributed by atoms with van der Waals surface area (Å²) in [6.07, 6.45) is 2.90. The van der Waals surface area contributed by atoms with Crippen molar-refractivity contribution in [3.63, 3.8) is 0 Å². The summed E-state index contributed by atoms with van der Waals surface area (Å²) in [5.41, 5.74) is 0.165. The van der Waals surface area contributed by atoms with Crippen LogP contribution in [-0.4, -0.2) is 74.5 Å². The number of guanidine groups is 1. The van der Waals surface area contributed by atoms with E-state index < -0.39 is 0 Å². The van der Waals surface area contributed by atoms with Crippen LogP contribution in [0, 0.1) is 5.41 Å². The van der Waals surface area contributed by atoms with Crippen LogP contribution in [0.1, 0.15) is 33.1 Å². The fourth-order valence-electron chi connectivity index (χ4n) is 3.21. The normalized spacial score (nSPS) is 25.6. The number of amides is 1. The van der Waals surface area contributed by atoms with Crippen LogP contribution < -0.4 is 10.6 Å². The third-order valence-electron chi connectivity index (χ3n) is 5.26. The number of nitrogens with one attached hydrogen (secondary N) is 2. The maximum Gasteiger partial charge on any atom is 0.220 e. The Kier molecular flexibility index (Phi) is 7.12. The van der Waals surface area contributed by atoms with Crippen LogP contribution in [0.5, 0.6) is 0 Å². The van der Waals surface area contributed by atoms with Gasteiger partial charge >= 0.3 is 0 Å². The van der Waals surface area contributed by atoms with Gasteiger partial charge in [-0.25, -0.2) is 0 Å². The molecule has 1 atom stereocenters. The van der Waals surface area contributed by atoms with Crippen LogP contribution in [0.4, 0.5) is 0 Å². The van der Waals surface area contributed by atoms with Crippen molar-refractivity contribution in [2.75, 3.05) is 47.3 Å². The molecule has 0 saturated carbocycles. The Morgan fingerprint density at radius 3 is 2.70 bits per heavy atom. The highest BCUT2D eigenvalue weighted by molar-refractivity contribution is 14.0. The fraction of sp³-hybridized carbons (Fsp3) is 0.875. The lowest BCUT2D eigenvalue weighted by atomic mass is 9.79. The van der Waals surface area contributed by atoms with Crippen LogP contribution in [0.2, 0.25) is 0 Å². The standard InChI is InChI=1S/C16H31N5O.HI/c1-15(2,20(4)5)10-19-14(17-3)21-8-6-7-16(12-21)9-13(22)18-11-16;/h6-12H2,1-5H3,(H,17,19)(H,18,22);1H. The molecule has 1 amide bonds. The van der Waals surface area contributed by atoms with Gasteiger partial charge in [0.2, 0.25) is 5.91 Å². The summed E-state index contributed by atoms with van der Waals surface area (Å²) >= 11 is 0. The summed E-state index contributed by atoms with van der Waals surface area (Å²) in [5.74, 6) is 1.15. The topological polar surface area (TPSA) is 60.0 Å². The second kappa shape index (κ2) is 8.00. The number of carbonyl (C=O) groups is 1. The van der Waals surface area contributed by atoms with E-state index in [1.165, 1.54) is 0 Å². The molecule has 2 aliphatic rings. The number of piperidine rings is 1. The lowest BCUT2D eigenvalue weighted by Crippen LogP contribution is -2.55. The van der Waals surface area contributed by atoms with E-state index in [4.69, 9.17) is 0 Å². The van der Waals surface area contributed by atoms with Crippen molar-refractivity contribution >= 4 is 35.8 Å². The molecular formula is C16H32IN5O. The number of nitrogens with zero attached hydrogens (tertiary/aromatic N) is 3. The first-order valence-corrected chi connectivity index (χ1v) is 8.18. The third-order valence-corrected chi connectivity index (χ3v) is 5.26. The molecule has 2 heterocycles. The van der Waals surface area contributed by atoms with Gasteiger partial charge in [0, 0.05) is 50.6 Å². The third kappa shape index (κ3) is 4.95. The zero-order valence-corrected chi connectivity index (χ0v) is 17.4. The van der Waals surface area contributed by atoms with Gasteiger partial charge in [-0.2, -0.15) is 0 Å². The molecule has 0 aromatic carbocycles. The summed E-state index contributed by atoms with van der Waals surface area (Å²) in [7, 11) is 6.02. The molecule has 7 heteroatoms. The molecular weight excluding hydrogens is 405 g/mol. The van der Waals surface area contributed by atoms with Crippen molar-refractivity contribution in [3.05, 3.63) is 0 Å². The summed E-state index contributed by atoms with van der Waals surface area (Å²) in [5, 5.41) is 6.50. The Hall–Kier alpha value is -0.570. The number of likely N-dealkylation sites (N-methyl/N-ethyl adjacent to an activating group) is 1. The number of likely N-dealkylation sites (tertiary alicyclic amines) is 1. The first-order valence-electron chi connectivity index (χ1n) is 8.18. The van der Waals surface area contributed by atoms with Gasteiger partial charge < -0.3 is 20.4 Å². The smallest absolute Gasteiger partial charge is 0.220 e. The van der Waals surface area contributed by atoms with E-state index in [1.54, 1.807) is 0 Å². The average molecular weight is 437 g/mol. The molecule has 0 aliphatic carbocycles. The summed E-state index contributed by atoms with van der Waals surface area (Å²) in [6.45, 7) is 8.00. The van der Waals surface area contributed by atoms with E-state index in [2.05, 4.69) is 53.4 Å². The van der Waals surface area contributed by atoms with Gasteiger partial charge in [-0.3, -0.25) is 9.79 Å². The monoisotopic (exact) mass is 437 g/mol. The Morgan fingerprint density at radius 2 is 2.17 bits per heavy atom. The Bertz CT molecular complexity index is 452. The van der Waals surface area contributed by atoms with Gasteiger partial charge in [0.15, 0.2) is 5.96 Å². The lowest BCUT2D eigenvalue weighted by molar-refractivity contribution is -0.119. The molecule has 2 rings (SSSR count). The average Bonchev–Trinajstić information content (AvgIpc) is 2.80. The molecule has 6 nitrogen and oxygen atoms in total. The number of carbonyl (C=O) groups excluding carboxylic acids is 1. The van der Waals surface area contributed by atoms with Crippen molar-refractivity contribution in [3.8, 4) is 0 Å². The number of halogens is 1. The minimum Gasteiger partial charge on any atom is -0.355 e. The molecule has 23 heavy (non-hydrogen) atoms. The minimum atomic E-state index is 0. The lowest BCUT2D eigenvalue weighted by Gasteiger charge is -2.42. The Morgan fingerprint density at radius 1 is 1.48 bits per heavy atom. The van der Waals surface area contributed by atoms with E-state index in [0.29, 0.717) is 6.42 Å². The quantitative estimate of drug-likeness (QED) is 0.395. The van der Waals surface area contributed by atoms with Crippen LogP contribution in [0.3, 0.4) is 0 Å². The highest BCUT2D eigenvalue weighted by Gasteiger charge is 2.42. The maximum atomic E-state index is 11.6. The van der Waals surface area contributed by atoms with E-state index in [9.17, 15) is 4.79 Å². The molecule has 134 valence electrons. The van der Waals surface area contributed by atoms with Crippen LogP contribution >= 0.6 is 24.0 Å². The molecule has 1 unspecified atom stereocenters. The van der Waals surface area contributed by atoms with Crippen LogP contribution in [0.25, 0.3) is 0 Å². The van der Waals surface area contributed by atoms with Crippen LogP contribution in [-0.2, 0) is 4.79 Å². The minimum absolute atomic E-state index is 0. The number of rotatable bonds is 3. The first-order chi connectivity index (χ1) is 10.3. The van der Waals surface area contributed by atoms with Gasteiger partial charge in [0.1, 0.15) is 0 Å². The van der Waals surface area contributed by atoms with Gasteiger partial charge in [-0.05, 0) is 40.8 Å². The van der Waals surface area contributed by atoms with Crippen molar-refractivity contribution in [1.29, 1.82) is 0 Å². The summed E-state index contributed by atoms with van der Waals surface area (Å²) in [4.78, 5) is 20.6. The molecule has 2 aliphatic heterocycles. The van der Waals surface area contributed by atoms with E-state index in [0.717, 1.165) is 45.0 Å². The highest BCUT2D eigenvalue weighted by atomic mass is 127. The highest BCUT2D eigenvalue weighted by Crippen LogP contribution is 2.35. The van der Waals surface area contributed by atoms with Crippen molar-refractivity contribution in [2.24, 2.45) is 10.4 Å². The number of aliphatic imine (C=N–C) groups is 1. The fourth-order valence-corrected chi connectivity index (χ4v) is 3.21. The molecule has 0 radical (unpaired) electrons. The predicted octanol–water partition coefficient (Wildman–Crippen LogP) is 1.12. The summed E-state index contributed by atoms with van der Waals surface area (Å²) < 4.78 is 0. The van der Waals surface area contributed by atoms with Crippen LogP contribution in [0.15, 0.2) is 4.99 Å². The van der Waals surface area contributed by atoms with Crippen molar-refractivity contribution in [1.82, 2.24) is 20.4 Å². The van der Waals surface area contributed by atoms with Crippen molar-refractivity contribution < 1.29 is 4.79 Å². The molecule has 0 bridgehead atoms. The van der Waals surface area contributed by atoms with E-state index >= 15 is 0 Å². The zero-order valence-electron chi connectivity index (χ0n) is 15.1. The molecule has 0 aromatic rings. The molecule has 2 N–H and O–H groups in total. The first kappa shape index (κ1) is 20.5. The van der Waals surface area contributed by atoms with Gasteiger partial charge in [-0.15, -0.1) is 24.0 Å². The van der Waals surface area contributed by atoms with Gasteiger partial charge in [-0.1, -0.05) is 0 Å². The van der Waals surface area contributed by atoms with E-state index in [1.807, 2.05) is 7.05 Å². The second-order valence-corrected chi connectivity index (χ2v) is 7.59. The zero-order chi connectivity index (χ0) is 16.4. The number of hydrogen-bond acceptors (Lipinski definition) is 3. The Labute approximate surface area is 157 Å². The summed E-state index contributed by atoms with van der Waals surface area (Å²) in [6, 6.07) is 0. The second-order valence-electron chi connectivity index (χ2n) is 7.59. The predicted molar refractivity (Wildman–Crippen MR) is 105 cm³/mol. The maximum absolute atomic E-state index is 11.6. The van der Waals surface area contributed by atoms with Crippen molar-refractivity contribution in [2.45, 2.75) is 38.6 Å². The molecule has 2 fully saturated rings. The van der Waals surface area contributed by atoms with Gasteiger partial charge in [0.05, 0.1) is 0 Å². The molecule has 2 saturated heterocycles. The van der Waals surface area contributed by atoms with Gasteiger partial charge in [0.25, 0.3) is 0 Å². The molecule has 1 spiro atoms. The Balaban J connectivity index is 0.00000264. The molecule has 0 aromatic heterocycles.